The third kappa shape index (κ3) is 2.62. The molecule has 1 aromatic carbocycles. The number of fused-ring (bicyclic) bond motifs is 1. The second kappa shape index (κ2) is 5.25. The second-order valence-corrected chi connectivity index (χ2v) is 3.95. The molecule has 2 rings (SSSR count). The fourth-order valence-corrected chi connectivity index (χ4v) is 1.90. The molecule has 4 nitrogen and oxygen atoms in total. The van der Waals surface area contributed by atoms with E-state index in [1.807, 2.05) is 0 Å². The average molecular weight is 238 g/mol. The topological polar surface area (TPSA) is 50.4 Å². The van der Waals surface area contributed by atoms with Gasteiger partial charge in [-0.25, -0.2) is 4.39 Å². The van der Waals surface area contributed by atoms with E-state index in [0.717, 1.165) is 6.42 Å². The first-order valence-electron chi connectivity index (χ1n) is 5.55. The number of rotatable bonds is 5. The van der Waals surface area contributed by atoms with Crippen LogP contribution in [0.3, 0.4) is 0 Å². The normalized spacial score (nSPS) is 18.0. The summed E-state index contributed by atoms with van der Waals surface area (Å²) >= 11 is 0. The molecule has 0 aliphatic carbocycles. The molecule has 1 aliphatic heterocycles. The summed E-state index contributed by atoms with van der Waals surface area (Å²) < 4.78 is 18.0. The molecular formula is C12H15FN2O2. The van der Waals surface area contributed by atoms with Gasteiger partial charge in [0.2, 0.25) is 5.91 Å². The van der Waals surface area contributed by atoms with Crippen molar-refractivity contribution in [3.8, 4) is 0 Å². The fraction of sp³-hybridized carbons (Fsp3) is 0.417. The van der Waals surface area contributed by atoms with Gasteiger partial charge in [-0.1, -0.05) is 0 Å². The Kier molecular flexibility index (Phi) is 3.71. The molecule has 2 N–H and O–H groups in total. The van der Waals surface area contributed by atoms with Gasteiger partial charge in [0.05, 0.1) is 0 Å². The van der Waals surface area contributed by atoms with Crippen LogP contribution in [-0.4, -0.2) is 26.2 Å². The zero-order valence-electron chi connectivity index (χ0n) is 9.63. The maximum atomic E-state index is 13.1. The van der Waals surface area contributed by atoms with E-state index < -0.39 is 6.04 Å². The van der Waals surface area contributed by atoms with Gasteiger partial charge in [-0.3, -0.25) is 4.79 Å². The van der Waals surface area contributed by atoms with E-state index in [1.54, 1.807) is 13.2 Å². The van der Waals surface area contributed by atoms with Crippen molar-refractivity contribution in [2.45, 2.75) is 12.5 Å². The average Bonchev–Trinajstić information content (AvgIpc) is 2.61. The van der Waals surface area contributed by atoms with Gasteiger partial charge in [-0.15, -0.1) is 0 Å². The molecule has 0 spiro atoms. The number of amides is 1. The van der Waals surface area contributed by atoms with Gasteiger partial charge in [-0.2, -0.15) is 0 Å². The summed E-state index contributed by atoms with van der Waals surface area (Å²) in [6.45, 7) is 1.29. The Labute approximate surface area is 99.2 Å². The Morgan fingerprint density at radius 1 is 1.53 bits per heavy atom. The number of ether oxygens (including phenoxy) is 1. The number of carbonyl (C=O) groups excluding carboxylic acids is 1. The van der Waals surface area contributed by atoms with Crippen molar-refractivity contribution >= 4 is 11.6 Å². The molecule has 17 heavy (non-hydrogen) atoms. The van der Waals surface area contributed by atoms with E-state index in [1.165, 1.54) is 12.1 Å². The molecule has 0 aromatic heterocycles. The summed E-state index contributed by atoms with van der Waals surface area (Å²) in [5, 5.41) is 5.81. The first-order valence-corrected chi connectivity index (χ1v) is 5.55. The summed E-state index contributed by atoms with van der Waals surface area (Å²) in [4.78, 5) is 11.7. The highest BCUT2D eigenvalue weighted by Crippen LogP contribution is 2.30. The van der Waals surface area contributed by atoms with Crippen LogP contribution in [0.25, 0.3) is 0 Å². The van der Waals surface area contributed by atoms with Gasteiger partial charge in [0.15, 0.2) is 0 Å². The summed E-state index contributed by atoms with van der Waals surface area (Å²) in [5.74, 6) is -0.466. The molecule has 1 aromatic rings. The van der Waals surface area contributed by atoms with Crippen molar-refractivity contribution in [2.75, 3.05) is 25.6 Å². The molecular weight excluding hydrogens is 223 g/mol. The van der Waals surface area contributed by atoms with E-state index in [4.69, 9.17) is 4.74 Å². The Balaban J connectivity index is 2.03. The largest absolute Gasteiger partial charge is 0.385 e. The van der Waals surface area contributed by atoms with Crippen molar-refractivity contribution < 1.29 is 13.9 Å². The smallest absolute Gasteiger partial charge is 0.246 e. The highest BCUT2D eigenvalue weighted by Gasteiger charge is 2.30. The van der Waals surface area contributed by atoms with Crippen molar-refractivity contribution in [3.63, 3.8) is 0 Å². The highest BCUT2D eigenvalue weighted by atomic mass is 19.1. The molecule has 0 fully saturated rings. The molecule has 1 aliphatic rings. The van der Waals surface area contributed by atoms with Crippen molar-refractivity contribution in [1.82, 2.24) is 5.32 Å². The lowest BCUT2D eigenvalue weighted by Crippen LogP contribution is -2.28. The zero-order chi connectivity index (χ0) is 12.3. The summed E-state index contributed by atoms with van der Waals surface area (Å²) in [6, 6.07) is 3.85. The molecule has 1 amide bonds. The predicted molar refractivity (Wildman–Crippen MR) is 62.3 cm³/mol. The number of hydrogen-bond acceptors (Lipinski definition) is 3. The molecule has 0 radical (unpaired) electrons. The van der Waals surface area contributed by atoms with Gasteiger partial charge in [0.25, 0.3) is 0 Å². The van der Waals surface area contributed by atoms with Crippen molar-refractivity contribution in [2.24, 2.45) is 0 Å². The quantitative estimate of drug-likeness (QED) is 0.763. The lowest BCUT2D eigenvalue weighted by atomic mass is 10.1. The van der Waals surface area contributed by atoms with Crippen LogP contribution in [-0.2, 0) is 9.53 Å². The van der Waals surface area contributed by atoms with Crippen LogP contribution in [0.4, 0.5) is 10.1 Å². The molecule has 0 bridgehead atoms. The van der Waals surface area contributed by atoms with Crippen LogP contribution in [0.1, 0.15) is 18.0 Å². The maximum absolute atomic E-state index is 13.1. The monoisotopic (exact) mass is 238 g/mol. The Bertz CT molecular complexity index is 423. The maximum Gasteiger partial charge on any atom is 0.246 e. The van der Waals surface area contributed by atoms with Crippen LogP contribution in [0.15, 0.2) is 18.2 Å². The molecule has 92 valence electrons. The molecule has 0 saturated heterocycles. The highest BCUT2D eigenvalue weighted by molar-refractivity contribution is 6.02. The first-order chi connectivity index (χ1) is 8.22. The Hall–Kier alpha value is -1.46. The minimum absolute atomic E-state index is 0.136. The number of hydrogen-bond donors (Lipinski definition) is 2. The zero-order valence-corrected chi connectivity index (χ0v) is 9.63. The van der Waals surface area contributed by atoms with Crippen LogP contribution in [0.2, 0.25) is 0 Å². The van der Waals surface area contributed by atoms with Crippen LogP contribution in [0.5, 0.6) is 0 Å². The van der Waals surface area contributed by atoms with Crippen LogP contribution >= 0.6 is 0 Å². The number of nitrogens with one attached hydrogen (secondary N) is 2. The number of anilines is 1. The summed E-state index contributed by atoms with van der Waals surface area (Å²) in [6.07, 6.45) is 0.810. The molecule has 0 saturated carbocycles. The Morgan fingerprint density at radius 2 is 2.35 bits per heavy atom. The third-order valence-electron chi connectivity index (χ3n) is 2.72. The molecule has 1 atom stereocenters. The van der Waals surface area contributed by atoms with Crippen LogP contribution < -0.4 is 10.6 Å². The minimum Gasteiger partial charge on any atom is -0.385 e. The van der Waals surface area contributed by atoms with Gasteiger partial charge in [0.1, 0.15) is 11.9 Å². The second-order valence-electron chi connectivity index (χ2n) is 3.95. The standard InChI is InChI=1S/C12H15FN2O2/c1-17-6-2-5-14-11-9-7-8(13)3-4-10(9)15-12(11)16/h3-4,7,11,14H,2,5-6H2,1H3,(H,15,16). The van der Waals surface area contributed by atoms with Crippen molar-refractivity contribution in [1.29, 1.82) is 0 Å². The molecule has 1 heterocycles. The van der Waals surface area contributed by atoms with E-state index in [2.05, 4.69) is 10.6 Å². The van der Waals surface area contributed by atoms with E-state index >= 15 is 0 Å². The van der Waals surface area contributed by atoms with Crippen LogP contribution in [0, 0.1) is 5.82 Å². The summed E-state index contributed by atoms with van der Waals surface area (Å²) in [5.41, 5.74) is 1.35. The lowest BCUT2D eigenvalue weighted by molar-refractivity contribution is -0.117. The van der Waals surface area contributed by atoms with E-state index in [-0.39, 0.29) is 11.7 Å². The SMILES string of the molecule is COCCCNC1C(=O)Nc2ccc(F)cc21. The van der Waals surface area contributed by atoms with Gasteiger partial charge >= 0.3 is 0 Å². The van der Waals surface area contributed by atoms with Gasteiger partial charge in [0, 0.05) is 25.0 Å². The predicted octanol–water partition coefficient (Wildman–Crippen LogP) is 1.44. The fourth-order valence-electron chi connectivity index (χ4n) is 1.90. The number of carbonyl (C=O) groups is 1. The molecule has 1 unspecified atom stereocenters. The number of benzene rings is 1. The van der Waals surface area contributed by atoms with E-state index in [9.17, 15) is 9.18 Å². The molecule has 5 heteroatoms. The Morgan fingerprint density at radius 3 is 3.12 bits per heavy atom. The number of methoxy groups -OCH3 is 1. The summed E-state index contributed by atoms with van der Waals surface area (Å²) in [7, 11) is 1.63. The van der Waals surface area contributed by atoms with E-state index in [0.29, 0.717) is 24.4 Å². The van der Waals surface area contributed by atoms with Gasteiger partial charge < -0.3 is 15.4 Å². The van der Waals surface area contributed by atoms with Crippen molar-refractivity contribution in [3.05, 3.63) is 29.6 Å². The third-order valence-corrected chi connectivity index (χ3v) is 2.72. The van der Waals surface area contributed by atoms with Gasteiger partial charge in [-0.05, 0) is 31.2 Å². The first kappa shape index (κ1) is 12.0. The minimum atomic E-state index is -0.461. The number of halogens is 1. The lowest BCUT2D eigenvalue weighted by Gasteiger charge is -2.10.